The first kappa shape index (κ1) is 24.9. The van der Waals surface area contributed by atoms with E-state index in [-0.39, 0.29) is 17.1 Å². The van der Waals surface area contributed by atoms with Gasteiger partial charge in [-0.2, -0.15) is 9.78 Å². The SMILES string of the molecule is CCCC(C)(CC)OOC1(OOC(C)(CC)CCC)CC(C)CC(C)C1C. The fraction of sp³-hybridized carbons (Fsp3) is 1.00. The van der Waals surface area contributed by atoms with Crippen LogP contribution in [0.15, 0.2) is 0 Å². The average Bonchev–Trinajstić information content (AvgIpc) is 2.63. The van der Waals surface area contributed by atoms with Gasteiger partial charge < -0.3 is 0 Å². The molecule has 0 amide bonds. The fourth-order valence-corrected chi connectivity index (χ4v) is 4.22. The highest BCUT2D eigenvalue weighted by molar-refractivity contribution is 4.88. The highest BCUT2D eigenvalue weighted by Crippen LogP contribution is 2.46. The zero-order valence-corrected chi connectivity index (χ0v) is 19.5. The molecule has 0 aromatic carbocycles. The average molecular weight is 387 g/mol. The van der Waals surface area contributed by atoms with Crippen LogP contribution >= 0.6 is 0 Å². The molecule has 0 saturated heterocycles. The van der Waals surface area contributed by atoms with E-state index in [9.17, 15) is 0 Å². The number of rotatable bonds is 12. The van der Waals surface area contributed by atoms with Crippen molar-refractivity contribution in [3.8, 4) is 0 Å². The van der Waals surface area contributed by atoms with Gasteiger partial charge in [0.25, 0.3) is 0 Å². The second kappa shape index (κ2) is 10.6. The van der Waals surface area contributed by atoms with E-state index in [0.717, 1.165) is 44.9 Å². The molecule has 0 aliphatic heterocycles. The van der Waals surface area contributed by atoms with E-state index in [0.29, 0.717) is 11.8 Å². The lowest BCUT2D eigenvalue weighted by Crippen LogP contribution is -2.52. The minimum atomic E-state index is -0.856. The van der Waals surface area contributed by atoms with Crippen LogP contribution in [-0.4, -0.2) is 17.0 Å². The molecule has 1 aliphatic carbocycles. The predicted octanol–water partition coefficient (Wildman–Crippen LogP) is 7.22. The quantitative estimate of drug-likeness (QED) is 0.201. The van der Waals surface area contributed by atoms with Crippen LogP contribution in [0.3, 0.4) is 0 Å². The molecule has 5 atom stereocenters. The Hall–Kier alpha value is -0.160. The van der Waals surface area contributed by atoms with E-state index in [1.165, 1.54) is 6.42 Å². The highest BCUT2D eigenvalue weighted by atomic mass is 17.3. The van der Waals surface area contributed by atoms with Gasteiger partial charge in [-0.3, -0.25) is 0 Å². The van der Waals surface area contributed by atoms with Gasteiger partial charge in [0.15, 0.2) is 0 Å². The standard InChI is InChI=1S/C23H46O4/c1-10-14-21(8,12-3)24-26-23(17-18(5)16-19(6)20(23)7)27-25-22(9,13-4)15-11-2/h18-20H,10-17H2,1-9H3. The molecule has 5 unspecified atom stereocenters. The summed E-state index contributed by atoms with van der Waals surface area (Å²) in [4.78, 5) is 24.6. The molecule has 27 heavy (non-hydrogen) atoms. The molecule has 4 heteroatoms. The van der Waals surface area contributed by atoms with Gasteiger partial charge >= 0.3 is 0 Å². The van der Waals surface area contributed by atoms with Crippen LogP contribution < -0.4 is 0 Å². The maximum Gasteiger partial charge on any atom is 0.237 e. The second-order valence-electron chi connectivity index (χ2n) is 9.56. The van der Waals surface area contributed by atoms with Gasteiger partial charge in [0.2, 0.25) is 5.79 Å². The largest absolute Gasteiger partial charge is 0.237 e. The molecule has 0 aromatic rings. The van der Waals surface area contributed by atoms with Crippen LogP contribution in [0.4, 0.5) is 0 Å². The molecule has 1 fully saturated rings. The van der Waals surface area contributed by atoms with Gasteiger partial charge in [-0.25, -0.2) is 9.78 Å². The summed E-state index contributed by atoms with van der Waals surface area (Å²) >= 11 is 0. The third kappa shape index (κ3) is 6.69. The Morgan fingerprint density at radius 2 is 1.26 bits per heavy atom. The van der Waals surface area contributed by atoms with Crippen LogP contribution in [0.5, 0.6) is 0 Å². The summed E-state index contributed by atoms with van der Waals surface area (Å²) in [5, 5.41) is 0. The van der Waals surface area contributed by atoms with E-state index in [1.807, 2.05) is 0 Å². The Balaban J connectivity index is 3.02. The van der Waals surface area contributed by atoms with Gasteiger partial charge in [0.1, 0.15) is 11.2 Å². The number of hydrogen-bond donors (Lipinski definition) is 0. The maximum absolute atomic E-state index is 6.20. The van der Waals surface area contributed by atoms with Crippen LogP contribution in [0.1, 0.15) is 114 Å². The van der Waals surface area contributed by atoms with Crippen LogP contribution in [-0.2, 0) is 19.6 Å². The zero-order valence-electron chi connectivity index (χ0n) is 19.5. The fourth-order valence-electron chi connectivity index (χ4n) is 4.22. The highest BCUT2D eigenvalue weighted by Gasteiger charge is 2.51. The van der Waals surface area contributed by atoms with Crippen molar-refractivity contribution in [3.05, 3.63) is 0 Å². The second-order valence-corrected chi connectivity index (χ2v) is 9.56. The molecule has 0 heterocycles. The normalized spacial score (nSPS) is 33.4. The van der Waals surface area contributed by atoms with Crippen LogP contribution in [0.25, 0.3) is 0 Å². The summed E-state index contributed by atoms with van der Waals surface area (Å²) in [6.45, 7) is 19.6. The summed E-state index contributed by atoms with van der Waals surface area (Å²) in [6, 6.07) is 0. The van der Waals surface area contributed by atoms with Crippen molar-refractivity contribution < 1.29 is 19.6 Å². The summed E-state index contributed by atoms with van der Waals surface area (Å²) in [5.74, 6) is 0.325. The molecule has 0 radical (unpaired) electrons. The van der Waals surface area contributed by atoms with Crippen molar-refractivity contribution >= 4 is 0 Å². The molecular weight excluding hydrogens is 340 g/mol. The topological polar surface area (TPSA) is 36.9 Å². The Morgan fingerprint density at radius 1 is 0.815 bits per heavy atom. The van der Waals surface area contributed by atoms with Crippen molar-refractivity contribution in [1.29, 1.82) is 0 Å². The van der Waals surface area contributed by atoms with Gasteiger partial charge in [0.05, 0.1) is 0 Å². The van der Waals surface area contributed by atoms with Gasteiger partial charge in [-0.1, -0.05) is 61.3 Å². The van der Waals surface area contributed by atoms with Crippen molar-refractivity contribution in [3.63, 3.8) is 0 Å². The van der Waals surface area contributed by atoms with E-state index in [2.05, 4.69) is 62.3 Å². The molecule has 0 N–H and O–H groups in total. The lowest BCUT2D eigenvalue weighted by molar-refractivity contribution is -0.563. The molecule has 162 valence electrons. The molecule has 1 rings (SSSR count). The van der Waals surface area contributed by atoms with E-state index in [4.69, 9.17) is 19.6 Å². The molecule has 1 saturated carbocycles. The molecule has 0 bridgehead atoms. The Labute approximate surface area is 168 Å². The lowest BCUT2D eigenvalue weighted by Gasteiger charge is -2.47. The number of hydrogen-bond acceptors (Lipinski definition) is 4. The van der Waals surface area contributed by atoms with E-state index in [1.54, 1.807) is 0 Å². The van der Waals surface area contributed by atoms with Crippen molar-refractivity contribution in [2.75, 3.05) is 0 Å². The van der Waals surface area contributed by atoms with Crippen molar-refractivity contribution in [1.82, 2.24) is 0 Å². The Bertz CT molecular complexity index is 403. The Kier molecular flexibility index (Phi) is 9.74. The van der Waals surface area contributed by atoms with Gasteiger partial charge in [0, 0.05) is 12.3 Å². The monoisotopic (exact) mass is 386 g/mol. The smallest absolute Gasteiger partial charge is 0.227 e. The molecule has 4 nitrogen and oxygen atoms in total. The Morgan fingerprint density at radius 3 is 1.63 bits per heavy atom. The zero-order chi connectivity index (χ0) is 20.7. The van der Waals surface area contributed by atoms with Crippen LogP contribution in [0.2, 0.25) is 0 Å². The van der Waals surface area contributed by atoms with E-state index >= 15 is 0 Å². The minimum absolute atomic E-state index is 0.194. The van der Waals surface area contributed by atoms with Crippen molar-refractivity contribution in [2.24, 2.45) is 17.8 Å². The first-order valence-electron chi connectivity index (χ1n) is 11.3. The molecule has 0 aromatic heterocycles. The minimum Gasteiger partial charge on any atom is -0.227 e. The third-order valence-corrected chi connectivity index (χ3v) is 6.78. The molecule has 1 aliphatic rings. The first-order chi connectivity index (χ1) is 12.6. The molecular formula is C23H46O4. The summed E-state index contributed by atoms with van der Waals surface area (Å²) in [7, 11) is 0. The predicted molar refractivity (Wildman–Crippen MR) is 111 cm³/mol. The molecule has 0 spiro atoms. The van der Waals surface area contributed by atoms with Gasteiger partial charge in [-0.05, 0) is 57.8 Å². The van der Waals surface area contributed by atoms with E-state index < -0.39 is 5.79 Å². The first-order valence-corrected chi connectivity index (χ1v) is 11.3. The lowest BCUT2D eigenvalue weighted by atomic mass is 9.72. The summed E-state index contributed by atoms with van der Waals surface area (Å²) < 4.78 is 0. The maximum atomic E-state index is 6.20. The van der Waals surface area contributed by atoms with Gasteiger partial charge in [-0.15, -0.1) is 0 Å². The van der Waals surface area contributed by atoms with Crippen LogP contribution in [0, 0.1) is 17.8 Å². The summed E-state index contributed by atoms with van der Waals surface area (Å²) in [5.41, 5.74) is -0.599. The third-order valence-electron chi connectivity index (χ3n) is 6.78. The summed E-state index contributed by atoms with van der Waals surface area (Å²) in [6.07, 6.45) is 7.81. The van der Waals surface area contributed by atoms with Crippen molar-refractivity contribution in [2.45, 2.75) is 131 Å².